The molecule has 1 aliphatic carbocycles. The number of hydrogen-bond acceptors (Lipinski definition) is 8. The Kier molecular flexibility index (Phi) is 5.69. The molecule has 0 atom stereocenters. The number of nitrogens with zero attached hydrogens (tertiary/aromatic N) is 3. The van der Waals surface area contributed by atoms with E-state index in [9.17, 15) is 9.59 Å². The molecule has 178 valence electrons. The zero-order valence-corrected chi connectivity index (χ0v) is 20.4. The molecule has 0 unspecified atom stereocenters. The van der Waals surface area contributed by atoms with Gasteiger partial charge in [-0.2, -0.15) is 0 Å². The number of benzene rings is 1. The summed E-state index contributed by atoms with van der Waals surface area (Å²) in [5.74, 6) is 1.61. The zero-order valence-electron chi connectivity index (χ0n) is 18.7. The summed E-state index contributed by atoms with van der Waals surface area (Å²) in [5, 5.41) is 3.46. The minimum Gasteiger partial charge on any atom is -0.454 e. The van der Waals surface area contributed by atoms with E-state index in [2.05, 4.69) is 5.32 Å². The van der Waals surface area contributed by atoms with Gasteiger partial charge >= 0.3 is 0 Å². The molecule has 35 heavy (non-hydrogen) atoms. The number of carbonyl (C=O) groups is 1. The molecule has 2 aromatic heterocycles. The molecule has 4 heterocycles. The zero-order chi connectivity index (χ0) is 23.9. The smallest absolute Gasteiger partial charge is 0.267 e. The first-order valence-electron chi connectivity index (χ1n) is 11.5. The van der Waals surface area contributed by atoms with Crippen LogP contribution in [0.1, 0.15) is 36.8 Å². The normalized spacial score (nSPS) is 18.9. The molecule has 3 aromatic rings. The Hall–Kier alpha value is -3.37. The number of anilines is 1. The predicted molar refractivity (Wildman–Crippen MR) is 139 cm³/mol. The third-order valence-electron chi connectivity index (χ3n) is 6.39. The number of amides is 1. The quantitative estimate of drug-likeness (QED) is 0.408. The van der Waals surface area contributed by atoms with Gasteiger partial charge in [-0.3, -0.25) is 18.9 Å². The van der Waals surface area contributed by atoms with Gasteiger partial charge in [-0.15, -0.1) is 0 Å². The van der Waals surface area contributed by atoms with Gasteiger partial charge < -0.3 is 14.8 Å². The van der Waals surface area contributed by atoms with Crippen LogP contribution in [0, 0.1) is 0 Å². The molecule has 0 spiro atoms. The molecule has 0 radical (unpaired) electrons. The van der Waals surface area contributed by atoms with Crippen LogP contribution in [0.15, 0.2) is 52.3 Å². The Morgan fingerprint density at radius 2 is 1.97 bits per heavy atom. The van der Waals surface area contributed by atoms with Crippen LogP contribution in [-0.2, 0) is 11.3 Å². The highest BCUT2D eigenvalue weighted by molar-refractivity contribution is 8.26. The minimum atomic E-state index is -0.234. The second-order valence-electron chi connectivity index (χ2n) is 8.69. The lowest BCUT2D eigenvalue weighted by atomic mass is 10.2. The van der Waals surface area contributed by atoms with Crippen molar-refractivity contribution in [2.45, 2.75) is 38.3 Å². The van der Waals surface area contributed by atoms with E-state index in [1.165, 1.54) is 16.2 Å². The monoisotopic (exact) mass is 506 g/mol. The first-order chi connectivity index (χ1) is 17.1. The van der Waals surface area contributed by atoms with Gasteiger partial charge in [-0.25, -0.2) is 4.98 Å². The topological polar surface area (TPSA) is 85.2 Å². The van der Waals surface area contributed by atoms with Crippen molar-refractivity contribution in [3.8, 4) is 11.5 Å². The lowest BCUT2D eigenvalue weighted by molar-refractivity contribution is -0.122. The third kappa shape index (κ3) is 4.17. The number of aromatic nitrogens is 2. The number of hydrogen-bond donors (Lipinski definition) is 1. The Morgan fingerprint density at radius 1 is 1.14 bits per heavy atom. The lowest BCUT2D eigenvalue weighted by Crippen LogP contribution is -2.27. The van der Waals surface area contributed by atoms with Crippen LogP contribution in [0.4, 0.5) is 5.82 Å². The maximum absolute atomic E-state index is 13.4. The summed E-state index contributed by atoms with van der Waals surface area (Å²) in [6.07, 6.45) is 7.69. The van der Waals surface area contributed by atoms with Crippen LogP contribution in [0.2, 0.25) is 0 Å². The predicted octanol–water partition coefficient (Wildman–Crippen LogP) is 4.18. The number of carbonyl (C=O) groups excluding carboxylic acids is 1. The molecule has 2 aliphatic heterocycles. The van der Waals surface area contributed by atoms with Crippen molar-refractivity contribution < 1.29 is 14.3 Å². The van der Waals surface area contributed by atoms with Crippen molar-refractivity contribution in [1.29, 1.82) is 0 Å². The largest absolute Gasteiger partial charge is 0.454 e. The molecule has 3 aliphatic rings. The summed E-state index contributed by atoms with van der Waals surface area (Å²) in [5.41, 5.74) is 1.58. The molecule has 8 nitrogen and oxygen atoms in total. The number of ether oxygens (including phenoxy) is 2. The van der Waals surface area contributed by atoms with E-state index in [1.54, 1.807) is 29.3 Å². The highest BCUT2D eigenvalue weighted by atomic mass is 32.2. The number of rotatable bonds is 5. The maximum atomic E-state index is 13.4. The molecule has 1 aromatic carbocycles. The standard InChI is InChI=1S/C25H22N4O4S2/c30-23-17(22(26-16-5-1-2-6-16)27-21-7-3-4-10-28(21)23)12-20-24(31)29(25(34)35-20)13-15-8-9-18-19(11-15)33-14-32-18/h3-4,7-12,16,26H,1-2,5-6,13-14H2/b20-12+. The van der Waals surface area contributed by atoms with Crippen molar-refractivity contribution in [3.05, 3.63) is 69.0 Å². The Morgan fingerprint density at radius 3 is 2.83 bits per heavy atom. The van der Waals surface area contributed by atoms with Crippen LogP contribution in [0.5, 0.6) is 11.5 Å². The number of nitrogens with one attached hydrogen (secondary N) is 1. The summed E-state index contributed by atoms with van der Waals surface area (Å²) in [6.45, 7) is 0.496. The number of thioether (sulfide) groups is 1. The van der Waals surface area contributed by atoms with Crippen molar-refractivity contribution in [2.75, 3.05) is 12.1 Å². The number of pyridine rings is 1. The van der Waals surface area contributed by atoms with Crippen molar-refractivity contribution in [3.63, 3.8) is 0 Å². The van der Waals surface area contributed by atoms with Crippen molar-refractivity contribution >= 4 is 51.7 Å². The van der Waals surface area contributed by atoms with Gasteiger partial charge in [0, 0.05) is 12.2 Å². The number of thiocarbonyl (C=S) groups is 1. The molecular weight excluding hydrogens is 484 g/mol. The molecule has 0 bridgehead atoms. The lowest BCUT2D eigenvalue weighted by Gasteiger charge is -2.16. The highest BCUT2D eigenvalue weighted by Gasteiger charge is 2.33. The van der Waals surface area contributed by atoms with E-state index >= 15 is 0 Å². The fourth-order valence-electron chi connectivity index (χ4n) is 4.60. The molecule has 2 fully saturated rings. The van der Waals surface area contributed by atoms with Gasteiger partial charge in [0.2, 0.25) is 6.79 Å². The average molecular weight is 507 g/mol. The molecule has 1 saturated carbocycles. The van der Waals surface area contributed by atoms with E-state index < -0.39 is 0 Å². The van der Waals surface area contributed by atoms with Gasteiger partial charge in [0.1, 0.15) is 15.8 Å². The molecule has 1 saturated heterocycles. The van der Waals surface area contributed by atoms with E-state index in [-0.39, 0.29) is 24.3 Å². The number of fused-ring (bicyclic) bond motifs is 2. The third-order valence-corrected chi connectivity index (χ3v) is 7.77. The maximum Gasteiger partial charge on any atom is 0.267 e. The second-order valence-corrected chi connectivity index (χ2v) is 10.4. The van der Waals surface area contributed by atoms with E-state index in [0.29, 0.717) is 44.3 Å². The average Bonchev–Trinajstić information content (AvgIpc) is 3.60. The summed E-state index contributed by atoms with van der Waals surface area (Å²) >= 11 is 6.72. The molecule has 6 rings (SSSR count). The van der Waals surface area contributed by atoms with Gasteiger partial charge in [0.15, 0.2) is 11.5 Å². The van der Waals surface area contributed by atoms with Crippen LogP contribution in [0.3, 0.4) is 0 Å². The fourth-order valence-corrected chi connectivity index (χ4v) is 5.83. The molecular formula is C25H22N4O4S2. The summed E-state index contributed by atoms with van der Waals surface area (Å²) in [7, 11) is 0. The van der Waals surface area contributed by atoms with Crippen LogP contribution < -0.4 is 20.3 Å². The molecule has 10 heteroatoms. The van der Waals surface area contributed by atoms with Gasteiger partial charge in [-0.05, 0) is 48.7 Å². The Balaban J connectivity index is 1.34. The minimum absolute atomic E-state index is 0.190. The molecule has 1 amide bonds. The van der Waals surface area contributed by atoms with Gasteiger partial charge in [0.05, 0.1) is 17.0 Å². The Bertz CT molecular complexity index is 1450. The van der Waals surface area contributed by atoms with Gasteiger partial charge in [-0.1, -0.05) is 49.0 Å². The first kappa shape index (κ1) is 22.1. The van der Waals surface area contributed by atoms with Crippen molar-refractivity contribution in [2.24, 2.45) is 0 Å². The van der Waals surface area contributed by atoms with Crippen LogP contribution in [-0.4, -0.2) is 37.3 Å². The highest BCUT2D eigenvalue weighted by Crippen LogP contribution is 2.37. The van der Waals surface area contributed by atoms with E-state index in [4.69, 9.17) is 26.7 Å². The Labute approximate surface area is 210 Å². The second kappa shape index (κ2) is 9.01. The van der Waals surface area contributed by atoms with Crippen LogP contribution in [0.25, 0.3) is 11.7 Å². The summed E-state index contributed by atoms with van der Waals surface area (Å²) < 4.78 is 12.8. The summed E-state index contributed by atoms with van der Waals surface area (Å²) in [4.78, 5) is 33.4. The van der Waals surface area contributed by atoms with E-state index in [1.807, 2.05) is 24.3 Å². The fraction of sp³-hybridized carbons (Fsp3) is 0.280. The van der Waals surface area contributed by atoms with Crippen LogP contribution >= 0.6 is 24.0 Å². The van der Waals surface area contributed by atoms with Gasteiger partial charge in [0.25, 0.3) is 11.5 Å². The van der Waals surface area contributed by atoms with E-state index in [0.717, 1.165) is 31.2 Å². The van der Waals surface area contributed by atoms with Crippen molar-refractivity contribution in [1.82, 2.24) is 14.3 Å². The summed E-state index contributed by atoms with van der Waals surface area (Å²) in [6, 6.07) is 11.3. The molecule has 1 N–H and O–H groups in total. The first-order valence-corrected chi connectivity index (χ1v) is 12.7. The SMILES string of the molecule is O=C1/C(=C\c2c(NC3CCCC3)nc3ccccn3c2=O)SC(=S)N1Cc1ccc2c(c1)OCO2.